The Labute approximate surface area is 108 Å². The van der Waals surface area contributed by atoms with Crippen molar-refractivity contribution in [2.45, 2.75) is 6.92 Å². The van der Waals surface area contributed by atoms with Gasteiger partial charge in [-0.05, 0) is 13.0 Å². The number of amides is 2. The summed E-state index contributed by atoms with van der Waals surface area (Å²) in [6, 6.07) is 1.28. The average Bonchev–Trinajstić information content (AvgIpc) is 2.66. The molecule has 0 aliphatic carbocycles. The molecule has 7 heteroatoms. The Morgan fingerprint density at radius 2 is 2.24 bits per heavy atom. The van der Waals surface area contributed by atoms with Crippen LogP contribution in [0.25, 0.3) is 0 Å². The molecule has 0 unspecified atom stereocenters. The number of anilines is 1. The fraction of sp³-hybridized carbons (Fsp3) is 0.400. The molecule has 0 saturated carbocycles. The van der Waals surface area contributed by atoms with Gasteiger partial charge in [-0.1, -0.05) is 0 Å². The van der Waals surface area contributed by atoms with Gasteiger partial charge in [-0.25, -0.2) is 9.59 Å². The fourth-order valence-corrected chi connectivity index (χ4v) is 2.17. The molecule has 0 radical (unpaired) electrons. The number of alkyl halides is 1. The highest BCUT2D eigenvalue weighted by atomic mass is 35.5. The van der Waals surface area contributed by atoms with Crippen LogP contribution in [0.5, 0.6) is 0 Å². The predicted molar refractivity (Wildman–Crippen MR) is 68.1 cm³/mol. The first kappa shape index (κ1) is 13.8. The lowest BCUT2D eigenvalue weighted by Crippen LogP contribution is -2.30. The van der Waals surface area contributed by atoms with Gasteiger partial charge in [0.05, 0.1) is 12.7 Å². The van der Waals surface area contributed by atoms with Crippen LogP contribution in [0.15, 0.2) is 6.07 Å². The highest BCUT2D eigenvalue weighted by Gasteiger charge is 2.16. The SMILES string of the molecule is COC(=O)c1cc(C)sc1NC(=O)NCCCl. The number of rotatable bonds is 4. The lowest BCUT2D eigenvalue weighted by Gasteiger charge is -2.05. The minimum Gasteiger partial charge on any atom is -0.465 e. The Bertz CT molecular complexity index is 420. The van der Waals surface area contributed by atoms with E-state index in [9.17, 15) is 9.59 Å². The Morgan fingerprint density at radius 1 is 1.53 bits per heavy atom. The molecular weight excluding hydrogens is 264 g/mol. The van der Waals surface area contributed by atoms with Gasteiger partial charge in [-0.2, -0.15) is 0 Å². The molecule has 1 heterocycles. The third-order valence-corrected chi connectivity index (χ3v) is 3.02. The summed E-state index contributed by atoms with van der Waals surface area (Å²) >= 11 is 6.76. The van der Waals surface area contributed by atoms with Gasteiger partial charge in [0.15, 0.2) is 0 Å². The van der Waals surface area contributed by atoms with Gasteiger partial charge in [0.25, 0.3) is 0 Å². The molecule has 5 nitrogen and oxygen atoms in total. The number of nitrogens with one attached hydrogen (secondary N) is 2. The first-order chi connectivity index (χ1) is 8.08. The first-order valence-corrected chi connectivity index (χ1v) is 6.23. The molecule has 1 aromatic heterocycles. The van der Waals surface area contributed by atoms with E-state index in [2.05, 4.69) is 15.4 Å². The van der Waals surface area contributed by atoms with Crippen molar-refractivity contribution in [1.29, 1.82) is 0 Å². The zero-order chi connectivity index (χ0) is 12.8. The fourth-order valence-electron chi connectivity index (χ4n) is 1.18. The molecule has 0 aliphatic rings. The summed E-state index contributed by atoms with van der Waals surface area (Å²) < 4.78 is 4.63. The second-order valence-corrected chi connectivity index (χ2v) is 4.80. The zero-order valence-corrected chi connectivity index (χ0v) is 11.1. The zero-order valence-electron chi connectivity index (χ0n) is 9.50. The highest BCUT2D eigenvalue weighted by molar-refractivity contribution is 7.16. The molecule has 2 N–H and O–H groups in total. The number of thiophene rings is 1. The lowest BCUT2D eigenvalue weighted by molar-refractivity contribution is 0.0602. The molecule has 1 rings (SSSR count). The summed E-state index contributed by atoms with van der Waals surface area (Å²) in [5.74, 6) is -0.136. The van der Waals surface area contributed by atoms with Crippen molar-refractivity contribution in [3.05, 3.63) is 16.5 Å². The smallest absolute Gasteiger partial charge is 0.340 e. The number of urea groups is 1. The van der Waals surface area contributed by atoms with Gasteiger partial charge < -0.3 is 10.1 Å². The maximum Gasteiger partial charge on any atom is 0.340 e. The van der Waals surface area contributed by atoms with Crippen molar-refractivity contribution in [3.8, 4) is 0 Å². The third kappa shape index (κ3) is 3.90. The van der Waals surface area contributed by atoms with E-state index < -0.39 is 12.0 Å². The van der Waals surface area contributed by atoms with Crippen molar-refractivity contribution >= 4 is 39.9 Å². The summed E-state index contributed by atoms with van der Waals surface area (Å²) in [4.78, 5) is 23.8. The standard InChI is InChI=1S/C10H13ClN2O3S/c1-6-5-7(9(14)16-2)8(17-6)13-10(15)12-4-3-11/h5H,3-4H2,1-2H3,(H2,12,13,15). The molecule has 17 heavy (non-hydrogen) atoms. The number of esters is 1. The van der Waals surface area contributed by atoms with Crippen molar-refractivity contribution in [2.24, 2.45) is 0 Å². The minimum atomic E-state index is -0.470. The number of ether oxygens (including phenoxy) is 1. The summed E-state index contributed by atoms with van der Waals surface area (Å²) in [6.45, 7) is 2.21. The molecule has 0 spiro atoms. The molecular formula is C10H13ClN2O3S. The van der Waals surface area contributed by atoms with Crippen molar-refractivity contribution < 1.29 is 14.3 Å². The maximum atomic E-state index is 11.4. The molecule has 1 aromatic rings. The van der Waals surface area contributed by atoms with Crippen molar-refractivity contribution in [2.75, 3.05) is 24.9 Å². The minimum absolute atomic E-state index is 0.334. The summed E-state index contributed by atoms with van der Waals surface area (Å²) in [5.41, 5.74) is 0.357. The van der Waals surface area contributed by atoms with Crippen LogP contribution < -0.4 is 10.6 Å². The Morgan fingerprint density at radius 3 is 2.82 bits per heavy atom. The quantitative estimate of drug-likeness (QED) is 0.654. The van der Waals surface area contributed by atoms with E-state index in [1.54, 1.807) is 6.07 Å². The molecule has 0 fully saturated rings. The van der Waals surface area contributed by atoms with Crippen LogP contribution in [0.4, 0.5) is 9.80 Å². The predicted octanol–water partition coefficient (Wildman–Crippen LogP) is 2.20. The van der Waals surface area contributed by atoms with Crippen LogP contribution in [0.2, 0.25) is 0 Å². The molecule has 0 bridgehead atoms. The van der Waals surface area contributed by atoms with Gasteiger partial charge in [0.2, 0.25) is 0 Å². The molecule has 2 amide bonds. The second-order valence-electron chi connectivity index (χ2n) is 3.16. The second kappa shape index (κ2) is 6.46. The number of halogens is 1. The Kier molecular flexibility index (Phi) is 5.24. The van der Waals surface area contributed by atoms with Gasteiger partial charge in [-0.3, -0.25) is 5.32 Å². The van der Waals surface area contributed by atoms with E-state index in [0.717, 1.165) is 4.88 Å². The van der Waals surface area contributed by atoms with Gasteiger partial charge in [-0.15, -0.1) is 22.9 Å². The van der Waals surface area contributed by atoms with Crippen LogP contribution in [0.3, 0.4) is 0 Å². The molecule has 0 aliphatic heterocycles. The Hall–Kier alpha value is -1.27. The number of hydrogen-bond donors (Lipinski definition) is 2. The van der Waals surface area contributed by atoms with Gasteiger partial charge in [0.1, 0.15) is 5.00 Å². The van der Waals surface area contributed by atoms with Gasteiger partial charge in [0, 0.05) is 17.3 Å². The molecule has 0 saturated heterocycles. The van der Waals surface area contributed by atoms with Crippen molar-refractivity contribution in [1.82, 2.24) is 5.32 Å². The largest absolute Gasteiger partial charge is 0.465 e. The van der Waals surface area contributed by atoms with Gasteiger partial charge >= 0.3 is 12.0 Å². The van der Waals surface area contributed by atoms with Crippen LogP contribution in [0.1, 0.15) is 15.2 Å². The summed E-state index contributed by atoms with van der Waals surface area (Å²) in [5, 5.41) is 5.61. The van der Waals surface area contributed by atoms with E-state index in [-0.39, 0.29) is 0 Å². The monoisotopic (exact) mass is 276 g/mol. The topological polar surface area (TPSA) is 67.4 Å². The molecule has 0 aromatic carbocycles. The summed E-state index contributed by atoms with van der Waals surface area (Å²) in [6.07, 6.45) is 0. The molecule has 94 valence electrons. The van der Waals surface area contributed by atoms with E-state index in [0.29, 0.717) is 23.0 Å². The van der Waals surface area contributed by atoms with Crippen LogP contribution in [0, 0.1) is 6.92 Å². The van der Waals surface area contributed by atoms with E-state index in [1.807, 2.05) is 6.92 Å². The first-order valence-electron chi connectivity index (χ1n) is 4.88. The number of carbonyl (C=O) groups excluding carboxylic acids is 2. The molecule has 0 atom stereocenters. The van der Waals surface area contributed by atoms with Crippen LogP contribution in [-0.4, -0.2) is 31.5 Å². The lowest BCUT2D eigenvalue weighted by atomic mass is 10.3. The third-order valence-electron chi connectivity index (χ3n) is 1.87. The highest BCUT2D eigenvalue weighted by Crippen LogP contribution is 2.27. The number of aryl methyl sites for hydroxylation is 1. The van der Waals surface area contributed by atoms with Crippen molar-refractivity contribution in [3.63, 3.8) is 0 Å². The summed E-state index contributed by atoms with van der Waals surface area (Å²) in [7, 11) is 1.30. The maximum absolute atomic E-state index is 11.4. The van der Waals surface area contributed by atoms with Crippen LogP contribution >= 0.6 is 22.9 Å². The Balaban J connectivity index is 2.76. The van der Waals surface area contributed by atoms with E-state index in [4.69, 9.17) is 11.6 Å². The number of hydrogen-bond acceptors (Lipinski definition) is 4. The number of carbonyl (C=O) groups is 2. The van der Waals surface area contributed by atoms with E-state index >= 15 is 0 Å². The number of methoxy groups -OCH3 is 1. The average molecular weight is 277 g/mol. The van der Waals surface area contributed by atoms with Crippen LogP contribution in [-0.2, 0) is 4.74 Å². The van der Waals surface area contributed by atoms with E-state index in [1.165, 1.54) is 18.4 Å². The normalized spacial score (nSPS) is 9.82.